The lowest BCUT2D eigenvalue weighted by Crippen LogP contribution is -2.53. The number of hydrogen-bond acceptors (Lipinski definition) is 5. The molecule has 5 aliphatic carbocycles. The highest BCUT2D eigenvalue weighted by Crippen LogP contribution is 2.64. The number of nitrogens with two attached hydrogens (primary N) is 1. The summed E-state index contributed by atoms with van der Waals surface area (Å²) in [5.74, 6) is 0.443. The summed E-state index contributed by atoms with van der Waals surface area (Å²) >= 11 is 0. The molecular formula is C19H25N3O5. The highest BCUT2D eigenvalue weighted by Gasteiger charge is 2.58. The lowest BCUT2D eigenvalue weighted by molar-refractivity contribution is -0.445. The van der Waals surface area contributed by atoms with Crippen molar-refractivity contribution >= 4 is 5.91 Å². The van der Waals surface area contributed by atoms with Crippen LogP contribution in [0.15, 0.2) is 23.5 Å². The van der Waals surface area contributed by atoms with E-state index in [1.54, 1.807) is 6.92 Å². The lowest BCUT2D eigenvalue weighted by Gasteiger charge is -2.59. The molecule has 0 aromatic rings. The molecule has 0 aromatic heterocycles. The van der Waals surface area contributed by atoms with E-state index < -0.39 is 32.8 Å². The smallest absolute Gasteiger partial charge is 0.273 e. The molecule has 0 heterocycles. The van der Waals surface area contributed by atoms with Gasteiger partial charge in [0.15, 0.2) is 0 Å². The van der Waals surface area contributed by atoms with Gasteiger partial charge in [-0.3, -0.25) is 25.0 Å². The van der Waals surface area contributed by atoms with Gasteiger partial charge in [0.25, 0.3) is 11.4 Å². The molecule has 0 aliphatic heterocycles. The fourth-order valence-corrected chi connectivity index (χ4v) is 6.99. The number of amides is 1. The van der Waals surface area contributed by atoms with Gasteiger partial charge in [0, 0.05) is 6.08 Å². The molecule has 2 atom stereocenters. The first-order valence-electron chi connectivity index (χ1n) is 9.67. The van der Waals surface area contributed by atoms with Gasteiger partial charge in [-0.1, -0.05) is 6.92 Å². The Balaban J connectivity index is 1.77. The Morgan fingerprint density at radius 2 is 1.63 bits per heavy atom. The van der Waals surface area contributed by atoms with Crippen LogP contribution in [0.1, 0.15) is 51.9 Å². The van der Waals surface area contributed by atoms with E-state index in [4.69, 9.17) is 5.73 Å². The van der Waals surface area contributed by atoms with Crippen molar-refractivity contribution in [3.05, 3.63) is 43.8 Å². The molecule has 8 nitrogen and oxygen atoms in total. The fraction of sp³-hybridized carbons (Fsp3) is 0.737. The number of hydrogen-bond donors (Lipinski definition) is 1. The molecular weight excluding hydrogens is 350 g/mol. The van der Waals surface area contributed by atoms with Gasteiger partial charge in [0.05, 0.1) is 27.3 Å². The Hall–Kier alpha value is -2.25. The van der Waals surface area contributed by atoms with Crippen LogP contribution in [0.25, 0.3) is 0 Å². The zero-order valence-electron chi connectivity index (χ0n) is 15.4. The average Bonchev–Trinajstić information content (AvgIpc) is 2.54. The topological polar surface area (TPSA) is 129 Å². The number of nitrogens with zero attached hydrogens (tertiary/aromatic N) is 2. The maximum Gasteiger partial charge on any atom is 0.273 e. The monoisotopic (exact) mass is 375 g/mol. The zero-order chi connectivity index (χ0) is 19.6. The van der Waals surface area contributed by atoms with Crippen molar-refractivity contribution in [2.45, 2.75) is 51.9 Å². The molecule has 146 valence electrons. The van der Waals surface area contributed by atoms with Crippen LogP contribution < -0.4 is 5.73 Å². The quantitative estimate of drug-likeness (QED) is 0.583. The van der Waals surface area contributed by atoms with Crippen molar-refractivity contribution in [3.8, 4) is 0 Å². The van der Waals surface area contributed by atoms with Crippen molar-refractivity contribution in [3.63, 3.8) is 0 Å². The van der Waals surface area contributed by atoms with Gasteiger partial charge in [0.2, 0.25) is 5.91 Å². The molecule has 0 radical (unpaired) electrons. The second-order valence-corrected chi connectivity index (χ2v) is 9.37. The van der Waals surface area contributed by atoms with Crippen LogP contribution in [0.3, 0.4) is 0 Å². The van der Waals surface area contributed by atoms with Gasteiger partial charge in [0.1, 0.15) is 0 Å². The summed E-state index contributed by atoms with van der Waals surface area (Å²) < 4.78 is 0. The molecule has 8 heteroatoms. The van der Waals surface area contributed by atoms with Crippen LogP contribution in [0.4, 0.5) is 0 Å². The van der Waals surface area contributed by atoms with Crippen molar-refractivity contribution in [1.82, 2.24) is 0 Å². The SMILES string of the molecule is CC1C([N+](=O)[O-])=CC([N+](=O)[O-])=CC1(CC12CC3CC(CC(C3)C1)C2)C(N)=O. The molecule has 0 spiro atoms. The minimum atomic E-state index is -1.38. The summed E-state index contributed by atoms with van der Waals surface area (Å²) in [5.41, 5.74) is 3.62. The number of carbonyl (C=O) groups is 1. The third kappa shape index (κ3) is 2.76. The maximum atomic E-state index is 12.7. The Kier molecular flexibility index (Phi) is 3.94. The highest BCUT2D eigenvalue weighted by molar-refractivity contribution is 5.84. The largest absolute Gasteiger partial charge is 0.369 e. The van der Waals surface area contributed by atoms with E-state index in [1.807, 2.05) is 0 Å². The van der Waals surface area contributed by atoms with Crippen LogP contribution in [0.2, 0.25) is 0 Å². The fourth-order valence-electron chi connectivity index (χ4n) is 6.99. The van der Waals surface area contributed by atoms with Crippen LogP contribution >= 0.6 is 0 Å². The van der Waals surface area contributed by atoms with Gasteiger partial charge in [-0.2, -0.15) is 0 Å². The van der Waals surface area contributed by atoms with E-state index in [0.29, 0.717) is 24.2 Å². The summed E-state index contributed by atoms with van der Waals surface area (Å²) in [5, 5.41) is 23.0. The predicted octanol–water partition coefficient (Wildman–Crippen LogP) is 3.04. The summed E-state index contributed by atoms with van der Waals surface area (Å²) in [6, 6.07) is 0. The predicted molar refractivity (Wildman–Crippen MR) is 96.2 cm³/mol. The third-order valence-electron chi connectivity index (χ3n) is 7.63. The molecule has 5 rings (SSSR count). The van der Waals surface area contributed by atoms with Crippen molar-refractivity contribution in [2.75, 3.05) is 0 Å². The van der Waals surface area contributed by atoms with Crippen LogP contribution in [-0.2, 0) is 4.79 Å². The van der Waals surface area contributed by atoms with Crippen molar-refractivity contribution < 1.29 is 14.6 Å². The molecule has 2 unspecified atom stereocenters. The normalized spacial score (nSPS) is 42.4. The molecule has 4 saturated carbocycles. The number of nitro groups is 2. The van der Waals surface area contributed by atoms with Gasteiger partial charge >= 0.3 is 0 Å². The Labute approximate surface area is 157 Å². The third-order valence-corrected chi connectivity index (χ3v) is 7.63. The van der Waals surface area contributed by atoms with E-state index in [9.17, 15) is 25.0 Å². The summed E-state index contributed by atoms with van der Waals surface area (Å²) in [4.78, 5) is 34.3. The molecule has 27 heavy (non-hydrogen) atoms. The minimum absolute atomic E-state index is 0.0880. The Morgan fingerprint density at radius 1 is 1.11 bits per heavy atom. The minimum Gasteiger partial charge on any atom is -0.369 e. The summed E-state index contributed by atoms with van der Waals surface area (Å²) in [6.07, 6.45) is 9.36. The standard InChI is InChI=1S/C19H25N3O5/c1-11-16(22(26)27)5-15(21(24)25)9-19(11,17(20)23)10-18-6-12-2-13(7-18)4-14(3-12)8-18/h5,9,11-14H,2-4,6-8,10H2,1H3,(H2,20,23). The second-order valence-electron chi connectivity index (χ2n) is 9.37. The molecule has 4 bridgehead atoms. The summed E-state index contributed by atoms with van der Waals surface area (Å²) in [6.45, 7) is 1.60. The molecule has 0 saturated heterocycles. The molecule has 0 aromatic carbocycles. The van der Waals surface area contributed by atoms with E-state index in [-0.39, 0.29) is 11.1 Å². The number of rotatable bonds is 5. The van der Waals surface area contributed by atoms with Crippen LogP contribution in [0.5, 0.6) is 0 Å². The van der Waals surface area contributed by atoms with E-state index in [2.05, 4.69) is 0 Å². The van der Waals surface area contributed by atoms with Crippen LogP contribution in [0, 0.1) is 54.7 Å². The first-order chi connectivity index (χ1) is 12.6. The molecule has 2 N–H and O–H groups in total. The number of carbonyl (C=O) groups excluding carboxylic acids is 1. The lowest BCUT2D eigenvalue weighted by atomic mass is 9.46. The van der Waals surface area contributed by atoms with Crippen molar-refractivity contribution in [1.29, 1.82) is 0 Å². The van der Waals surface area contributed by atoms with Gasteiger partial charge in [-0.05, 0) is 68.1 Å². The van der Waals surface area contributed by atoms with Crippen molar-refractivity contribution in [2.24, 2.45) is 40.2 Å². The Bertz CT molecular complexity index is 751. The van der Waals surface area contributed by atoms with E-state index in [1.165, 1.54) is 25.3 Å². The number of primary amides is 1. The Morgan fingerprint density at radius 3 is 2.04 bits per heavy atom. The first-order valence-corrected chi connectivity index (χ1v) is 9.67. The highest BCUT2D eigenvalue weighted by atomic mass is 16.6. The first kappa shape index (κ1) is 18.1. The molecule has 5 aliphatic rings. The molecule has 4 fully saturated rings. The maximum absolute atomic E-state index is 12.7. The van der Waals surface area contributed by atoms with Gasteiger partial charge in [-0.25, -0.2) is 0 Å². The van der Waals surface area contributed by atoms with Crippen LogP contribution in [-0.4, -0.2) is 15.8 Å². The molecule has 1 amide bonds. The van der Waals surface area contributed by atoms with E-state index >= 15 is 0 Å². The van der Waals surface area contributed by atoms with Gasteiger partial charge < -0.3 is 5.73 Å². The zero-order valence-corrected chi connectivity index (χ0v) is 15.4. The second kappa shape index (κ2) is 5.87. The number of allylic oxidation sites excluding steroid dienone is 2. The van der Waals surface area contributed by atoms with Gasteiger partial charge in [-0.15, -0.1) is 0 Å². The summed E-state index contributed by atoms with van der Waals surface area (Å²) in [7, 11) is 0. The van der Waals surface area contributed by atoms with E-state index in [0.717, 1.165) is 25.3 Å². The average molecular weight is 375 g/mol.